The Hall–Kier alpha value is -1.25. The highest BCUT2D eigenvalue weighted by molar-refractivity contribution is 7.99. The molecule has 0 saturated heterocycles. The quantitative estimate of drug-likeness (QED) is 0.890. The lowest BCUT2D eigenvalue weighted by Crippen LogP contribution is -2.33. The number of thioether (sulfide) groups is 1. The third kappa shape index (κ3) is 3.25. The van der Waals surface area contributed by atoms with E-state index in [1.165, 1.54) is 28.2 Å². The fourth-order valence-electron chi connectivity index (χ4n) is 2.89. The summed E-state index contributed by atoms with van der Waals surface area (Å²) in [6.07, 6.45) is 2.31. The number of fused-ring (bicyclic) bond motifs is 1. The number of rotatable bonds is 4. The largest absolute Gasteiger partial charge is 0.307 e. The van der Waals surface area contributed by atoms with Gasteiger partial charge in [-0.1, -0.05) is 48.5 Å². The zero-order chi connectivity index (χ0) is 13.8. The molecule has 2 heteroatoms. The van der Waals surface area contributed by atoms with E-state index in [1.807, 2.05) is 11.8 Å². The van der Waals surface area contributed by atoms with Gasteiger partial charge in [-0.05, 0) is 42.7 Å². The molecule has 104 valence electrons. The summed E-state index contributed by atoms with van der Waals surface area (Å²) in [7, 11) is 0. The Morgan fingerprint density at radius 3 is 2.70 bits per heavy atom. The van der Waals surface area contributed by atoms with Gasteiger partial charge in [-0.2, -0.15) is 0 Å². The molecule has 0 aliphatic carbocycles. The predicted molar refractivity (Wildman–Crippen MR) is 87.3 cm³/mol. The van der Waals surface area contributed by atoms with Gasteiger partial charge in [0.1, 0.15) is 0 Å². The zero-order valence-corrected chi connectivity index (χ0v) is 12.7. The normalized spacial score (nSPS) is 19.4. The molecular weight excluding hydrogens is 262 g/mol. The first-order valence-electron chi connectivity index (χ1n) is 7.34. The van der Waals surface area contributed by atoms with Crippen molar-refractivity contribution in [2.24, 2.45) is 0 Å². The highest BCUT2D eigenvalue weighted by Gasteiger charge is 2.21. The van der Waals surface area contributed by atoms with Crippen LogP contribution in [0.5, 0.6) is 0 Å². The minimum atomic E-state index is 0.499. The van der Waals surface area contributed by atoms with Crippen molar-refractivity contribution in [3.63, 3.8) is 0 Å². The maximum absolute atomic E-state index is 3.81. The maximum atomic E-state index is 3.81. The van der Waals surface area contributed by atoms with Crippen LogP contribution in [0.15, 0.2) is 59.5 Å². The molecule has 1 aliphatic rings. The van der Waals surface area contributed by atoms with Crippen LogP contribution in [0.3, 0.4) is 0 Å². The SMILES string of the molecule is CC(Cc1ccccc1)NC1CCSc2ccccc21. The smallest absolute Gasteiger partial charge is 0.0341 e. The van der Waals surface area contributed by atoms with E-state index in [0.29, 0.717) is 12.1 Å². The lowest BCUT2D eigenvalue weighted by Gasteiger charge is -2.29. The zero-order valence-electron chi connectivity index (χ0n) is 11.9. The van der Waals surface area contributed by atoms with Gasteiger partial charge in [0.25, 0.3) is 0 Å². The molecule has 2 unspecified atom stereocenters. The fraction of sp³-hybridized carbons (Fsp3) is 0.333. The first-order valence-corrected chi connectivity index (χ1v) is 8.33. The molecule has 20 heavy (non-hydrogen) atoms. The van der Waals surface area contributed by atoms with Gasteiger partial charge in [0.15, 0.2) is 0 Å². The summed E-state index contributed by atoms with van der Waals surface area (Å²) in [6, 6.07) is 20.6. The van der Waals surface area contributed by atoms with Crippen LogP contribution in [0.1, 0.15) is 30.5 Å². The first kappa shape index (κ1) is 13.7. The molecule has 2 aromatic rings. The Kier molecular flexibility index (Phi) is 4.44. The summed E-state index contributed by atoms with van der Waals surface area (Å²) in [6.45, 7) is 2.29. The van der Waals surface area contributed by atoms with Crippen molar-refractivity contribution in [3.05, 3.63) is 65.7 Å². The Balaban J connectivity index is 1.66. The van der Waals surface area contributed by atoms with Crippen LogP contribution in [0.2, 0.25) is 0 Å². The van der Waals surface area contributed by atoms with Gasteiger partial charge in [-0.25, -0.2) is 0 Å². The molecular formula is C18H21NS. The summed E-state index contributed by atoms with van der Waals surface area (Å²) < 4.78 is 0. The van der Waals surface area contributed by atoms with Gasteiger partial charge in [0.05, 0.1) is 0 Å². The molecule has 1 heterocycles. The van der Waals surface area contributed by atoms with Crippen LogP contribution in [-0.4, -0.2) is 11.8 Å². The maximum Gasteiger partial charge on any atom is 0.0341 e. The van der Waals surface area contributed by atoms with Crippen molar-refractivity contribution in [3.8, 4) is 0 Å². The van der Waals surface area contributed by atoms with Crippen molar-refractivity contribution in [2.45, 2.75) is 36.7 Å². The molecule has 0 aromatic heterocycles. The average molecular weight is 283 g/mol. The van der Waals surface area contributed by atoms with Crippen LogP contribution in [0.4, 0.5) is 0 Å². The number of nitrogens with one attached hydrogen (secondary N) is 1. The third-order valence-electron chi connectivity index (χ3n) is 3.83. The van der Waals surface area contributed by atoms with Gasteiger partial charge in [0.2, 0.25) is 0 Å². The van der Waals surface area contributed by atoms with Crippen molar-refractivity contribution in [2.75, 3.05) is 5.75 Å². The molecule has 2 atom stereocenters. The number of hydrogen-bond acceptors (Lipinski definition) is 2. The van der Waals surface area contributed by atoms with Crippen molar-refractivity contribution in [1.82, 2.24) is 5.32 Å². The van der Waals surface area contributed by atoms with Gasteiger partial charge in [-0.3, -0.25) is 0 Å². The van der Waals surface area contributed by atoms with Gasteiger partial charge >= 0.3 is 0 Å². The van der Waals surface area contributed by atoms with Gasteiger partial charge < -0.3 is 5.32 Å². The summed E-state index contributed by atoms with van der Waals surface area (Å²) in [5, 5.41) is 3.81. The lowest BCUT2D eigenvalue weighted by atomic mass is 10.0. The Morgan fingerprint density at radius 2 is 1.85 bits per heavy atom. The summed E-state index contributed by atoms with van der Waals surface area (Å²) in [5.41, 5.74) is 2.88. The molecule has 0 saturated carbocycles. The van der Waals surface area contributed by atoms with E-state index in [4.69, 9.17) is 0 Å². The Morgan fingerprint density at radius 1 is 1.10 bits per heavy atom. The van der Waals surface area contributed by atoms with Crippen molar-refractivity contribution in [1.29, 1.82) is 0 Å². The van der Waals surface area contributed by atoms with Crippen LogP contribution >= 0.6 is 11.8 Å². The average Bonchev–Trinajstić information content (AvgIpc) is 2.48. The molecule has 1 N–H and O–H groups in total. The van der Waals surface area contributed by atoms with E-state index in [1.54, 1.807) is 0 Å². The van der Waals surface area contributed by atoms with Crippen molar-refractivity contribution < 1.29 is 0 Å². The number of benzene rings is 2. The molecule has 2 aromatic carbocycles. The molecule has 3 rings (SSSR count). The van der Waals surface area contributed by atoms with Crippen LogP contribution < -0.4 is 5.32 Å². The Labute approximate surface area is 125 Å². The van der Waals surface area contributed by atoms with Crippen molar-refractivity contribution >= 4 is 11.8 Å². The minimum absolute atomic E-state index is 0.499. The second-order valence-corrected chi connectivity index (χ2v) is 6.62. The second kappa shape index (κ2) is 6.47. The standard InChI is InChI=1S/C18H21NS/c1-14(13-15-7-3-2-4-8-15)19-17-11-12-20-18-10-6-5-9-16(17)18/h2-10,14,17,19H,11-13H2,1H3. The van der Waals surface area contributed by atoms with Crippen LogP contribution in [0, 0.1) is 0 Å². The molecule has 0 radical (unpaired) electrons. The van der Waals surface area contributed by atoms with Gasteiger partial charge in [0, 0.05) is 17.0 Å². The first-order chi connectivity index (χ1) is 9.83. The molecule has 1 aliphatic heterocycles. The highest BCUT2D eigenvalue weighted by Crippen LogP contribution is 2.36. The fourth-order valence-corrected chi connectivity index (χ4v) is 4.01. The lowest BCUT2D eigenvalue weighted by molar-refractivity contribution is 0.438. The summed E-state index contributed by atoms with van der Waals surface area (Å²) in [5.74, 6) is 1.22. The molecule has 0 bridgehead atoms. The Bertz CT molecular complexity index is 552. The predicted octanol–water partition coefficient (Wildman–Crippen LogP) is 4.44. The highest BCUT2D eigenvalue weighted by atomic mass is 32.2. The topological polar surface area (TPSA) is 12.0 Å². The summed E-state index contributed by atoms with van der Waals surface area (Å²) in [4.78, 5) is 1.45. The van der Waals surface area contributed by atoms with E-state index >= 15 is 0 Å². The van der Waals surface area contributed by atoms with E-state index < -0.39 is 0 Å². The minimum Gasteiger partial charge on any atom is -0.307 e. The van der Waals surface area contributed by atoms with Crippen LogP contribution in [-0.2, 0) is 6.42 Å². The molecule has 0 spiro atoms. The van der Waals surface area contributed by atoms with E-state index in [-0.39, 0.29) is 0 Å². The number of hydrogen-bond donors (Lipinski definition) is 1. The molecule has 0 amide bonds. The van der Waals surface area contributed by atoms with Gasteiger partial charge in [-0.15, -0.1) is 11.8 Å². The van der Waals surface area contributed by atoms with E-state index in [9.17, 15) is 0 Å². The van der Waals surface area contributed by atoms with Crippen LogP contribution in [0.25, 0.3) is 0 Å². The summed E-state index contributed by atoms with van der Waals surface area (Å²) >= 11 is 1.98. The van der Waals surface area contributed by atoms with E-state index in [0.717, 1.165) is 6.42 Å². The second-order valence-electron chi connectivity index (χ2n) is 5.48. The third-order valence-corrected chi connectivity index (χ3v) is 4.95. The molecule has 0 fully saturated rings. The van der Waals surface area contributed by atoms with E-state index in [2.05, 4.69) is 66.8 Å². The molecule has 1 nitrogen and oxygen atoms in total. The monoisotopic (exact) mass is 283 g/mol.